The van der Waals surface area contributed by atoms with Crippen molar-refractivity contribution in [3.05, 3.63) is 35.1 Å². The summed E-state index contributed by atoms with van der Waals surface area (Å²) in [7, 11) is 0. The standard InChI is InChI=1S/C19H23F4NO3/c1-17(2,3)27-16(25)24-12-5-6-13(24)10-18(26,9-12)11-4-7-14(15(20)8-11)19(21,22)23/h4,7-8,12-13,26H,5-6,9-10H2,1-3H3. The average molecular weight is 389 g/mol. The van der Waals surface area contributed by atoms with E-state index in [1.54, 1.807) is 25.7 Å². The van der Waals surface area contributed by atoms with Gasteiger partial charge >= 0.3 is 12.3 Å². The van der Waals surface area contributed by atoms with Gasteiger partial charge in [-0.05, 0) is 51.3 Å². The number of ether oxygens (including phenoxy) is 1. The Bertz CT molecular complexity index is 727. The normalized spacial score (nSPS) is 28.4. The second-order valence-corrected chi connectivity index (χ2v) is 8.40. The lowest BCUT2D eigenvalue weighted by molar-refractivity contribution is -0.140. The molecule has 8 heteroatoms. The molecule has 0 radical (unpaired) electrons. The largest absolute Gasteiger partial charge is 0.444 e. The van der Waals surface area contributed by atoms with E-state index in [1.807, 2.05) is 0 Å². The van der Waals surface area contributed by atoms with Crippen LogP contribution < -0.4 is 0 Å². The Morgan fingerprint density at radius 1 is 1.19 bits per heavy atom. The Balaban J connectivity index is 1.83. The van der Waals surface area contributed by atoms with Crippen LogP contribution in [0.1, 0.15) is 57.6 Å². The molecule has 1 N–H and O–H groups in total. The lowest BCUT2D eigenvalue weighted by Gasteiger charge is -2.44. The van der Waals surface area contributed by atoms with E-state index in [9.17, 15) is 27.5 Å². The number of hydrogen-bond donors (Lipinski definition) is 1. The highest BCUT2D eigenvalue weighted by Crippen LogP contribution is 2.47. The number of carbonyl (C=O) groups excluding carboxylic acids is 1. The van der Waals surface area contributed by atoms with Crippen molar-refractivity contribution in [2.75, 3.05) is 0 Å². The van der Waals surface area contributed by atoms with E-state index in [2.05, 4.69) is 0 Å². The second kappa shape index (κ2) is 6.36. The number of halogens is 4. The van der Waals surface area contributed by atoms with Crippen LogP contribution in [0.4, 0.5) is 22.4 Å². The van der Waals surface area contributed by atoms with Gasteiger partial charge in [-0.15, -0.1) is 0 Å². The third kappa shape index (κ3) is 3.90. The zero-order valence-electron chi connectivity index (χ0n) is 15.4. The maximum Gasteiger partial charge on any atom is 0.419 e. The topological polar surface area (TPSA) is 49.8 Å². The summed E-state index contributed by atoms with van der Waals surface area (Å²) >= 11 is 0. The van der Waals surface area contributed by atoms with Crippen LogP contribution in [0, 0.1) is 5.82 Å². The van der Waals surface area contributed by atoms with Crippen LogP contribution in [-0.4, -0.2) is 33.8 Å². The number of aliphatic hydroxyl groups is 1. The minimum Gasteiger partial charge on any atom is -0.444 e. The molecule has 2 aliphatic heterocycles. The van der Waals surface area contributed by atoms with Gasteiger partial charge < -0.3 is 14.7 Å². The third-order valence-electron chi connectivity index (χ3n) is 5.18. The van der Waals surface area contributed by atoms with Gasteiger partial charge in [-0.3, -0.25) is 0 Å². The predicted octanol–water partition coefficient (Wildman–Crippen LogP) is 4.59. The molecule has 2 aliphatic rings. The summed E-state index contributed by atoms with van der Waals surface area (Å²) in [6, 6.07) is 1.94. The molecule has 0 saturated carbocycles. The molecule has 1 aromatic rings. The molecule has 2 bridgehead atoms. The van der Waals surface area contributed by atoms with Crippen LogP contribution in [0.25, 0.3) is 0 Å². The zero-order valence-corrected chi connectivity index (χ0v) is 15.4. The number of fused-ring (bicyclic) bond motifs is 2. The molecule has 2 fully saturated rings. The van der Waals surface area contributed by atoms with Crippen LogP contribution >= 0.6 is 0 Å². The first-order valence-electron chi connectivity index (χ1n) is 8.91. The van der Waals surface area contributed by atoms with E-state index in [0.29, 0.717) is 18.9 Å². The monoisotopic (exact) mass is 389 g/mol. The first-order chi connectivity index (χ1) is 12.3. The Morgan fingerprint density at radius 2 is 1.74 bits per heavy atom. The first kappa shape index (κ1) is 19.9. The minimum absolute atomic E-state index is 0.105. The summed E-state index contributed by atoms with van der Waals surface area (Å²) in [5.41, 5.74) is -3.38. The van der Waals surface area contributed by atoms with Crippen molar-refractivity contribution in [3.8, 4) is 0 Å². The van der Waals surface area contributed by atoms with Gasteiger partial charge in [0.05, 0.1) is 11.2 Å². The van der Waals surface area contributed by atoms with Crippen molar-refractivity contribution in [2.24, 2.45) is 0 Å². The molecule has 3 rings (SSSR count). The van der Waals surface area contributed by atoms with Gasteiger partial charge in [0, 0.05) is 24.9 Å². The van der Waals surface area contributed by atoms with E-state index in [1.165, 1.54) is 0 Å². The van der Waals surface area contributed by atoms with E-state index >= 15 is 0 Å². The molecule has 27 heavy (non-hydrogen) atoms. The van der Waals surface area contributed by atoms with Crippen molar-refractivity contribution in [2.45, 2.75) is 75.9 Å². The van der Waals surface area contributed by atoms with Crippen LogP contribution in [-0.2, 0) is 16.5 Å². The van der Waals surface area contributed by atoms with E-state index in [-0.39, 0.29) is 30.5 Å². The van der Waals surface area contributed by atoms with Gasteiger partial charge in [-0.2, -0.15) is 13.2 Å². The Kier molecular flexibility index (Phi) is 4.69. The fourth-order valence-corrected chi connectivity index (χ4v) is 4.11. The molecule has 1 aromatic carbocycles. The van der Waals surface area contributed by atoms with Crippen LogP contribution in [0.3, 0.4) is 0 Å². The SMILES string of the molecule is CC(C)(C)OC(=O)N1C2CCC1CC(O)(c1ccc(C(F)(F)F)c(F)c1)C2. The maximum absolute atomic E-state index is 14.0. The molecule has 2 heterocycles. The molecule has 0 aliphatic carbocycles. The molecular weight excluding hydrogens is 366 g/mol. The number of amides is 1. The lowest BCUT2D eigenvalue weighted by atomic mass is 9.80. The summed E-state index contributed by atoms with van der Waals surface area (Å²) in [6.07, 6.45) is -3.66. The quantitative estimate of drug-likeness (QED) is 0.715. The third-order valence-corrected chi connectivity index (χ3v) is 5.18. The zero-order chi connectivity index (χ0) is 20.2. The number of alkyl halides is 3. The van der Waals surface area contributed by atoms with Crippen molar-refractivity contribution >= 4 is 6.09 Å². The molecule has 1 amide bonds. The highest BCUT2D eigenvalue weighted by atomic mass is 19.4. The Labute approximate surface area is 155 Å². The number of benzene rings is 1. The van der Waals surface area contributed by atoms with Gasteiger partial charge in [0.2, 0.25) is 0 Å². The van der Waals surface area contributed by atoms with E-state index in [0.717, 1.165) is 12.1 Å². The molecule has 150 valence electrons. The fraction of sp³-hybridized carbons (Fsp3) is 0.632. The highest BCUT2D eigenvalue weighted by Gasteiger charge is 2.51. The first-order valence-corrected chi connectivity index (χ1v) is 8.91. The summed E-state index contributed by atoms with van der Waals surface area (Å²) < 4.78 is 57.7. The number of carbonyl (C=O) groups is 1. The Hall–Kier alpha value is -1.83. The molecular formula is C19H23F4NO3. The van der Waals surface area contributed by atoms with Gasteiger partial charge in [0.25, 0.3) is 0 Å². The van der Waals surface area contributed by atoms with Crippen molar-refractivity contribution < 1.29 is 32.2 Å². The van der Waals surface area contributed by atoms with E-state index < -0.39 is 34.9 Å². The summed E-state index contributed by atoms with van der Waals surface area (Å²) in [6.45, 7) is 5.29. The number of nitrogens with zero attached hydrogens (tertiary/aromatic N) is 1. The van der Waals surface area contributed by atoms with Crippen LogP contribution in [0.5, 0.6) is 0 Å². The molecule has 2 unspecified atom stereocenters. The summed E-state index contributed by atoms with van der Waals surface area (Å²) in [5.74, 6) is -1.41. The van der Waals surface area contributed by atoms with Crippen molar-refractivity contribution in [1.29, 1.82) is 0 Å². The van der Waals surface area contributed by atoms with Gasteiger partial charge in [-0.25, -0.2) is 9.18 Å². The van der Waals surface area contributed by atoms with Crippen molar-refractivity contribution in [1.82, 2.24) is 4.90 Å². The molecule has 4 nitrogen and oxygen atoms in total. The van der Waals surface area contributed by atoms with Crippen LogP contribution in [0.15, 0.2) is 18.2 Å². The lowest BCUT2D eigenvalue weighted by Crippen LogP contribution is -2.53. The minimum atomic E-state index is -4.79. The fourth-order valence-electron chi connectivity index (χ4n) is 4.11. The molecule has 2 saturated heterocycles. The second-order valence-electron chi connectivity index (χ2n) is 8.40. The number of rotatable bonds is 1. The van der Waals surface area contributed by atoms with Crippen molar-refractivity contribution in [3.63, 3.8) is 0 Å². The van der Waals surface area contributed by atoms with E-state index in [4.69, 9.17) is 4.74 Å². The van der Waals surface area contributed by atoms with Gasteiger partial charge in [0.15, 0.2) is 0 Å². The van der Waals surface area contributed by atoms with Gasteiger partial charge in [0.1, 0.15) is 11.4 Å². The molecule has 0 spiro atoms. The predicted molar refractivity (Wildman–Crippen MR) is 89.4 cm³/mol. The van der Waals surface area contributed by atoms with Crippen LogP contribution in [0.2, 0.25) is 0 Å². The van der Waals surface area contributed by atoms with Gasteiger partial charge in [-0.1, -0.05) is 6.07 Å². The summed E-state index contributed by atoms with van der Waals surface area (Å²) in [4.78, 5) is 14.1. The Morgan fingerprint density at radius 3 is 2.19 bits per heavy atom. The smallest absolute Gasteiger partial charge is 0.419 e. The number of hydrogen-bond acceptors (Lipinski definition) is 3. The summed E-state index contributed by atoms with van der Waals surface area (Å²) in [5, 5.41) is 11.0. The molecule has 0 aromatic heterocycles. The highest BCUT2D eigenvalue weighted by molar-refractivity contribution is 5.69. The maximum atomic E-state index is 14.0. The average Bonchev–Trinajstić information content (AvgIpc) is 2.77. The molecule has 2 atom stereocenters. The number of piperidine rings is 1.